The third-order valence-electron chi connectivity index (χ3n) is 5.19. The van der Waals surface area contributed by atoms with E-state index in [1.807, 2.05) is 36.4 Å². The highest BCUT2D eigenvalue weighted by molar-refractivity contribution is 6.05. The predicted molar refractivity (Wildman–Crippen MR) is 102 cm³/mol. The van der Waals surface area contributed by atoms with Crippen molar-refractivity contribution in [2.75, 3.05) is 19.4 Å². The second kappa shape index (κ2) is 6.37. The SMILES string of the molecule is CN(C)C1CCc2[nH]c3ccc(NC(=O)c4ccccc4)cc3c2C1. The molecule has 0 fully saturated rings. The Morgan fingerprint density at radius 1 is 1.16 bits per heavy atom. The van der Waals surface area contributed by atoms with Gasteiger partial charge in [0.1, 0.15) is 0 Å². The van der Waals surface area contributed by atoms with Crippen LogP contribution in [0.4, 0.5) is 5.69 Å². The molecule has 0 bridgehead atoms. The Morgan fingerprint density at radius 2 is 1.96 bits per heavy atom. The smallest absolute Gasteiger partial charge is 0.255 e. The minimum atomic E-state index is -0.0736. The number of aromatic amines is 1. The van der Waals surface area contributed by atoms with Crippen LogP contribution in [0.3, 0.4) is 0 Å². The number of aryl methyl sites for hydroxylation is 1. The van der Waals surface area contributed by atoms with Gasteiger partial charge < -0.3 is 15.2 Å². The molecule has 3 aromatic rings. The lowest BCUT2D eigenvalue weighted by Crippen LogP contribution is -2.33. The topological polar surface area (TPSA) is 48.1 Å². The average Bonchev–Trinajstić information content (AvgIpc) is 2.99. The van der Waals surface area contributed by atoms with Gasteiger partial charge in [0.25, 0.3) is 5.91 Å². The standard InChI is InChI=1S/C21H23N3O/c1-24(2)16-9-11-20-18(13-16)17-12-15(8-10-19(17)23-20)22-21(25)14-6-4-3-5-7-14/h3-8,10,12,16,23H,9,11,13H2,1-2H3,(H,22,25). The van der Waals surface area contributed by atoms with Crippen LogP contribution < -0.4 is 5.32 Å². The molecule has 1 aliphatic carbocycles. The van der Waals surface area contributed by atoms with Gasteiger partial charge in [0, 0.05) is 33.9 Å². The molecule has 1 aliphatic rings. The van der Waals surface area contributed by atoms with Crippen molar-refractivity contribution in [2.24, 2.45) is 0 Å². The minimum absolute atomic E-state index is 0.0736. The third kappa shape index (κ3) is 3.05. The first-order valence-electron chi connectivity index (χ1n) is 8.78. The predicted octanol–water partition coefficient (Wildman–Crippen LogP) is 3.84. The maximum atomic E-state index is 12.4. The molecule has 4 heteroatoms. The molecule has 4 nitrogen and oxygen atoms in total. The van der Waals surface area contributed by atoms with E-state index >= 15 is 0 Å². The summed E-state index contributed by atoms with van der Waals surface area (Å²) in [7, 11) is 4.30. The first-order valence-corrected chi connectivity index (χ1v) is 8.78. The molecule has 0 radical (unpaired) electrons. The molecule has 1 heterocycles. The maximum absolute atomic E-state index is 12.4. The number of H-pyrrole nitrogens is 1. The summed E-state index contributed by atoms with van der Waals surface area (Å²) in [6, 6.07) is 16.0. The second-order valence-corrected chi connectivity index (χ2v) is 7.02. The molecule has 0 aliphatic heterocycles. The van der Waals surface area contributed by atoms with Crippen LogP contribution in [0.25, 0.3) is 10.9 Å². The number of nitrogens with one attached hydrogen (secondary N) is 2. The van der Waals surface area contributed by atoms with Gasteiger partial charge in [0.05, 0.1) is 0 Å². The number of hydrogen-bond donors (Lipinski definition) is 2. The fourth-order valence-electron chi connectivity index (χ4n) is 3.71. The second-order valence-electron chi connectivity index (χ2n) is 7.02. The Kier molecular flexibility index (Phi) is 4.06. The molecule has 2 aromatic carbocycles. The van der Waals surface area contributed by atoms with Gasteiger partial charge in [-0.25, -0.2) is 0 Å². The summed E-state index contributed by atoms with van der Waals surface area (Å²) in [5.74, 6) is -0.0736. The van der Waals surface area contributed by atoms with E-state index in [4.69, 9.17) is 0 Å². The Morgan fingerprint density at radius 3 is 2.72 bits per heavy atom. The molecule has 0 saturated heterocycles. The van der Waals surface area contributed by atoms with Gasteiger partial charge in [0.15, 0.2) is 0 Å². The first-order chi connectivity index (χ1) is 12.1. The zero-order chi connectivity index (χ0) is 17.4. The van der Waals surface area contributed by atoms with Crippen LogP contribution >= 0.6 is 0 Å². The molecule has 1 atom stereocenters. The van der Waals surface area contributed by atoms with Gasteiger partial charge in [-0.15, -0.1) is 0 Å². The number of aromatic nitrogens is 1. The number of nitrogens with zero attached hydrogens (tertiary/aromatic N) is 1. The molecule has 0 spiro atoms. The summed E-state index contributed by atoms with van der Waals surface area (Å²) in [6.07, 6.45) is 3.32. The van der Waals surface area contributed by atoms with Crippen LogP contribution in [-0.2, 0) is 12.8 Å². The van der Waals surface area contributed by atoms with Gasteiger partial charge in [0.2, 0.25) is 0 Å². The lowest BCUT2D eigenvalue weighted by atomic mass is 9.91. The van der Waals surface area contributed by atoms with Gasteiger partial charge in [-0.3, -0.25) is 4.79 Å². The zero-order valence-electron chi connectivity index (χ0n) is 14.7. The zero-order valence-corrected chi connectivity index (χ0v) is 14.7. The number of fused-ring (bicyclic) bond motifs is 3. The van der Waals surface area contributed by atoms with Crippen molar-refractivity contribution in [1.29, 1.82) is 0 Å². The van der Waals surface area contributed by atoms with Crippen LogP contribution in [0.5, 0.6) is 0 Å². The van der Waals surface area contributed by atoms with E-state index in [-0.39, 0.29) is 5.91 Å². The summed E-state index contributed by atoms with van der Waals surface area (Å²) in [5.41, 5.74) is 5.42. The van der Waals surface area contributed by atoms with Gasteiger partial charge in [-0.05, 0) is 69.3 Å². The summed E-state index contributed by atoms with van der Waals surface area (Å²) >= 11 is 0. The summed E-state index contributed by atoms with van der Waals surface area (Å²) < 4.78 is 0. The number of carbonyl (C=O) groups is 1. The lowest BCUT2D eigenvalue weighted by molar-refractivity contribution is 0.102. The van der Waals surface area contributed by atoms with E-state index in [0.29, 0.717) is 11.6 Å². The van der Waals surface area contributed by atoms with Crippen molar-refractivity contribution in [3.8, 4) is 0 Å². The molecule has 128 valence electrons. The van der Waals surface area contributed by atoms with Gasteiger partial charge >= 0.3 is 0 Å². The largest absolute Gasteiger partial charge is 0.358 e. The minimum Gasteiger partial charge on any atom is -0.358 e. The Balaban J connectivity index is 1.64. The number of rotatable bonds is 3. The van der Waals surface area contributed by atoms with E-state index in [9.17, 15) is 4.79 Å². The van der Waals surface area contributed by atoms with Crippen molar-refractivity contribution >= 4 is 22.5 Å². The summed E-state index contributed by atoms with van der Waals surface area (Å²) in [6.45, 7) is 0. The Hall–Kier alpha value is -2.59. The molecule has 2 N–H and O–H groups in total. The van der Waals surface area contributed by atoms with Crippen LogP contribution in [0, 0.1) is 0 Å². The molecule has 0 saturated carbocycles. The van der Waals surface area contributed by atoms with Gasteiger partial charge in [-0.2, -0.15) is 0 Å². The van der Waals surface area contributed by atoms with Gasteiger partial charge in [-0.1, -0.05) is 18.2 Å². The fraction of sp³-hybridized carbons (Fsp3) is 0.286. The highest BCUT2D eigenvalue weighted by atomic mass is 16.1. The number of anilines is 1. The van der Waals surface area contributed by atoms with E-state index < -0.39 is 0 Å². The number of hydrogen-bond acceptors (Lipinski definition) is 2. The number of benzene rings is 2. The van der Waals surface area contributed by atoms with E-state index in [0.717, 1.165) is 24.0 Å². The normalized spacial score (nSPS) is 16.8. The summed E-state index contributed by atoms with van der Waals surface area (Å²) in [5, 5.41) is 4.25. The molecule has 1 unspecified atom stereocenters. The molecule has 1 aromatic heterocycles. The van der Waals surface area contributed by atoms with E-state index in [1.165, 1.54) is 23.1 Å². The highest BCUT2D eigenvalue weighted by Crippen LogP contribution is 2.32. The first kappa shape index (κ1) is 15.9. The fourth-order valence-corrected chi connectivity index (χ4v) is 3.71. The number of amides is 1. The lowest BCUT2D eigenvalue weighted by Gasteiger charge is -2.28. The molecular formula is C21H23N3O. The molecular weight excluding hydrogens is 310 g/mol. The van der Waals surface area contributed by atoms with Crippen LogP contribution in [0.2, 0.25) is 0 Å². The van der Waals surface area contributed by atoms with Crippen LogP contribution in [0.1, 0.15) is 28.0 Å². The van der Waals surface area contributed by atoms with Crippen molar-refractivity contribution < 1.29 is 4.79 Å². The molecule has 1 amide bonds. The summed E-state index contributed by atoms with van der Waals surface area (Å²) in [4.78, 5) is 18.3. The van der Waals surface area contributed by atoms with Crippen LogP contribution in [0.15, 0.2) is 48.5 Å². The van der Waals surface area contributed by atoms with Crippen molar-refractivity contribution in [1.82, 2.24) is 9.88 Å². The van der Waals surface area contributed by atoms with Crippen molar-refractivity contribution in [2.45, 2.75) is 25.3 Å². The molecule has 4 rings (SSSR count). The average molecular weight is 333 g/mol. The number of carbonyl (C=O) groups excluding carboxylic acids is 1. The highest BCUT2D eigenvalue weighted by Gasteiger charge is 2.23. The monoisotopic (exact) mass is 333 g/mol. The van der Waals surface area contributed by atoms with Crippen molar-refractivity contribution in [3.05, 3.63) is 65.4 Å². The van der Waals surface area contributed by atoms with E-state index in [2.05, 4.69) is 41.4 Å². The maximum Gasteiger partial charge on any atom is 0.255 e. The molecule has 25 heavy (non-hydrogen) atoms. The van der Waals surface area contributed by atoms with Crippen LogP contribution in [-0.4, -0.2) is 35.9 Å². The Labute approximate surface area is 147 Å². The van der Waals surface area contributed by atoms with E-state index in [1.54, 1.807) is 0 Å². The third-order valence-corrected chi connectivity index (χ3v) is 5.19. The quantitative estimate of drug-likeness (QED) is 0.765. The number of likely N-dealkylation sites (N-methyl/N-ethyl adjacent to an activating group) is 1. The van der Waals surface area contributed by atoms with Crippen molar-refractivity contribution in [3.63, 3.8) is 0 Å². The Bertz CT molecular complexity index is 912.